The lowest BCUT2D eigenvalue weighted by Crippen LogP contribution is -2.51. The zero-order valence-corrected chi connectivity index (χ0v) is 15.1. The van der Waals surface area contributed by atoms with Crippen LogP contribution in [0.4, 0.5) is 9.18 Å². The molecule has 146 valence electrons. The van der Waals surface area contributed by atoms with E-state index in [9.17, 15) is 19.1 Å². The third-order valence-corrected chi connectivity index (χ3v) is 3.93. The average Bonchev–Trinajstić information content (AvgIpc) is 2.68. The first-order valence-corrected chi connectivity index (χ1v) is 8.70. The standard InChI is InChI=1S/C20H21FN4O3/c21-17-5-2-1-4-15(17)13-24-20(28)25-18(19(27)23-11-3-10-22)12-14-6-8-16(26)9-7-14/h1-2,4-9,18,26H,3,11-13H2,(H,23,27)(H2,24,25,28). The van der Waals surface area contributed by atoms with Crippen LogP contribution in [-0.2, 0) is 17.8 Å². The van der Waals surface area contributed by atoms with Gasteiger partial charge in [0.2, 0.25) is 5.91 Å². The number of nitrogens with one attached hydrogen (secondary N) is 3. The summed E-state index contributed by atoms with van der Waals surface area (Å²) < 4.78 is 13.6. The van der Waals surface area contributed by atoms with Crippen molar-refractivity contribution in [3.63, 3.8) is 0 Å². The summed E-state index contributed by atoms with van der Waals surface area (Å²) in [6, 6.07) is 12.7. The molecule has 8 heteroatoms. The van der Waals surface area contributed by atoms with E-state index in [2.05, 4.69) is 16.0 Å². The molecule has 0 saturated carbocycles. The lowest BCUT2D eigenvalue weighted by molar-refractivity contribution is -0.122. The maximum Gasteiger partial charge on any atom is 0.315 e. The van der Waals surface area contributed by atoms with Gasteiger partial charge >= 0.3 is 6.03 Å². The minimum absolute atomic E-state index is 0.0273. The number of urea groups is 1. The van der Waals surface area contributed by atoms with Crippen LogP contribution < -0.4 is 16.0 Å². The van der Waals surface area contributed by atoms with E-state index in [1.807, 2.05) is 6.07 Å². The van der Waals surface area contributed by atoms with E-state index in [1.165, 1.54) is 18.2 Å². The van der Waals surface area contributed by atoms with E-state index in [0.717, 1.165) is 5.56 Å². The number of aromatic hydroxyl groups is 1. The number of phenols is 1. The van der Waals surface area contributed by atoms with Crippen molar-refractivity contribution >= 4 is 11.9 Å². The molecule has 7 nitrogen and oxygen atoms in total. The number of carbonyl (C=O) groups is 2. The SMILES string of the molecule is N#CCCNC(=O)C(Cc1ccc(O)cc1)NC(=O)NCc1ccccc1F. The first-order chi connectivity index (χ1) is 13.5. The average molecular weight is 384 g/mol. The van der Waals surface area contributed by atoms with Crippen LogP contribution in [0.15, 0.2) is 48.5 Å². The van der Waals surface area contributed by atoms with Crippen LogP contribution in [0.25, 0.3) is 0 Å². The van der Waals surface area contributed by atoms with E-state index in [-0.39, 0.29) is 31.7 Å². The Balaban J connectivity index is 1.99. The van der Waals surface area contributed by atoms with E-state index in [4.69, 9.17) is 5.26 Å². The number of hydrogen-bond acceptors (Lipinski definition) is 4. The Morgan fingerprint density at radius 2 is 1.82 bits per heavy atom. The monoisotopic (exact) mass is 384 g/mol. The van der Waals surface area contributed by atoms with Crippen LogP contribution in [0.1, 0.15) is 17.5 Å². The smallest absolute Gasteiger partial charge is 0.315 e. The van der Waals surface area contributed by atoms with Gasteiger partial charge in [-0.2, -0.15) is 5.26 Å². The molecule has 0 heterocycles. The minimum atomic E-state index is -0.899. The van der Waals surface area contributed by atoms with Crippen molar-refractivity contribution in [2.24, 2.45) is 0 Å². The molecule has 0 bridgehead atoms. The van der Waals surface area contributed by atoms with Crippen molar-refractivity contribution in [2.75, 3.05) is 6.54 Å². The van der Waals surface area contributed by atoms with Crippen molar-refractivity contribution in [3.05, 3.63) is 65.5 Å². The Labute approximate surface area is 162 Å². The first-order valence-electron chi connectivity index (χ1n) is 8.70. The molecule has 2 aromatic rings. The van der Waals surface area contributed by atoms with Gasteiger partial charge in [0.1, 0.15) is 17.6 Å². The molecule has 1 unspecified atom stereocenters. The quantitative estimate of drug-likeness (QED) is 0.521. The molecule has 2 rings (SSSR count). The zero-order valence-electron chi connectivity index (χ0n) is 15.1. The Bertz CT molecular complexity index is 849. The van der Waals surface area contributed by atoms with Gasteiger partial charge in [0.05, 0.1) is 12.5 Å². The van der Waals surface area contributed by atoms with Crippen molar-refractivity contribution in [3.8, 4) is 11.8 Å². The number of nitrogens with zero attached hydrogens (tertiary/aromatic N) is 1. The van der Waals surface area contributed by atoms with Crippen LogP contribution in [0.5, 0.6) is 5.75 Å². The van der Waals surface area contributed by atoms with Gasteiger partial charge in [-0.3, -0.25) is 4.79 Å². The number of phenolic OH excluding ortho intramolecular Hbond substituents is 1. The van der Waals surface area contributed by atoms with Gasteiger partial charge < -0.3 is 21.1 Å². The summed E-state index contributed by atoms with van der Waals surface area (Å²) in [7, 11) is 0. The van der Waals surface area contributed by atoms with Crippen LogP contribution in [0, 0.1) is 17.1 Å². The second-order valence-electron chi connectivity index (χ2n) is 6.04. The van der Waals surface area contributed by atoms with Crippen molar-refractivity contribution < 1.29 is 19.1 Å². The maximum atomic E-state index is 13.6. The van der Waals surface area contributed by atoms with Crippen LogP contribution in [0.2, 0.25) is 0 Å². The molecular weight excluding hydrogens is 363 g/mol. The van der Waals surface area contributed by atoms with Gasteiger partial charge in [-0.15, -0.1) is 0 Å². The second kappa shape index (κ2) is 10.5. The molecule has 0 aliphatic rings. The molecular formula is C20H21FN4O3. The number of amides is 3. The Hall–Kier alpha value is -3.60. The topological polar surface area (TPSA) is 114 Å². The summed E-state index contributed by atoms with van der Waals surface area (Å²) >= 11 is 0. The number of nitriles is 1. The molecule has 4 N–H and O–H groups in total. The van der Waals surface area contributed by atoms with Crippen molar-refractivity contribution in [1.82, 2.24) is 16.0 Å². The highest BCUT2D eigenvalue weighted by molar-refractivity contribution is 5.87. The van der Waals surface area contributed by atoms with Crippen molar-refractivity contribution in [2.45, 2.75) is 25.4 Å². The minimum Gasteiger partial charge on any atom is -0.508 e. The van der Waals surface area contributed by atoms with E-state index in [1.54, 1.807) is 30.3 Å². The predicted molar refractivity (Wildman–Crippen MR) is 101 cm³/mol. The summed E-state index contributed by atoms with van der Waals surface area (Å²) in [5.41, 5.74) is 1.05. The molecule has 0 radical (unpaired) electrons. The van der Waals surface area contributed by atoms with Gasteiger partial charge in [0, 0.05) is 25.1 Å². The van der Waals surface area contributed by atoms with Gasteiger partial charge in [-0.05, 0) is 23.8 Å². The first kappa shape index (κ1) is 20.7. The molecule has 1 atom stereocenters. The molecule has 0 saturated heterocycles. The molecule has 0 aliphatic heterocycles. The van der Waals surface area contributed by atoms with Crippen molar-refractivity contribution in [1.29, 1.82) is 5.26 Å². The fourth-order valence-electron chi connectivity index (χ4n) is 2.47. The number of halogens is 1. The number of carbonyl (C=O) groups excluding carboxylic acids is 2. The Kier molecular flexibility index (Phi) is 7.78. The molecule has 0 aliphatic carbocycles. The predicted octanol–water partition coefficient (Wildman–Crippen LogP) is 1.97. The summed E-state index contributed by atoms with van der Waals surface area (Å²) in [5.74, 6) is -0.781. The zero-order chi connectivity index (χ0) is 20.4. The fraction of sp³-hybridized carbons (Fsp3) is 0.250. The van der Waals surface area contributed by atoms with E-state index in [0.29, 0.717) is 5.56 Å². The van der Waals surface area contributed by atoms with E-state index >= 15 is 0 Å². The third-order valence-electron chi connectivity index (χ3n) is 3.93. The van der Waals surface area contributed by atoms with Gasteiger partial charge in [0.15, 0.2) is 0 Å². The summed E-state index contributed by atoms with van der Waals surface area (Å²) in [6.45, 7) is 0.139. The largest absolute Gasteiger partial charge is 0.508 e. The normalized spacial score (nSPS) is 11.1. The summed E-state index contributed by atoms with van der Waals surface area (Å²) in [5, 5.41) is 25.6. The maximum absolute atomic E-state index is 13.6. The van der Waals surface area contributed by atoms with Gasteiger partial charge in [-0.25, -0.2) is 9.18 Å². The highest BCUT2D eigenvalue weighted by Crippen LogP contribution is 2.11. The van der Waals surface area contributed by atoms with Gasteiger partial charge in [0.25, 0.3) is 0 Å². The molecule has 0 spiro atoms. The molecule has 2 aromatic carbocycles. The summed E-state index contributed by atoms with van der Waals surface area (Å²) in [4.78, 5) is 24.6. The molecule has 0 aromatic heterocycles. The number of hydrogen-bond donors (Lipinski definition) is 4. The second-order valence-corrected chi connectivity index (χ2v) is 6.04. The van der Waals surface area contributed by atoms with E-state index < -0.39 is 23.8 Å². The van der Waals surface area contributed by atoms with Crippen LogP contribution in [0.3, 0.4) is 0 Å². The fourth-order valence-corrected chi connectivity index (χ4v) is 2.47. The number of benzene rings is 2. The highest BCUT2D eigenvalue weighted by atomic mass is 19.1. The molecule has 3 amide bonds. The molecule has 28 heavy (non-hydrogen) atoms. The lowest BCUT2D eigenvalue weighted by Gasteiger charge is -2.19. The van der Waals surface area contributed by atoms with Crippen LogP contribution in [-0.4, -0.2) is 29.6 Å². The van der Waals surface area contributed by atoms with Crippen LogP contribution >= 0.6 is 0 Å². The Morgan fingerprint density at radius 3 is 2.50 bits per heavy atom. The Morgan fingerprint density at radius 1 is 1.11 bits per heavy atom. The number of rotatable bonds is 8. The third kappa shape index (κ3) is 6.61. The molecule has 0 fully saturated rings. The summed E-state index contributed by atoms with van der Waals surface area (Å²) in [6.07, 6.45) is 0.336. The lowest BCUT2D eigenvalue weighted by atomic mass is 10.1. The highest BCUT2D eigenvalue weighted by Gasteiger charge is 2.21. The van der Waals surface area contributed by atoms with Gasteiger partial charge in [-0.1, -0.05) is 30.3 Å².